The molecule has 0 aliphatic carbocycles. The van der Waals surface area contributed by atoms with Crippen molar-refractivity contribution >= 4 is 17.3 Å². The summed E-state index contributed by atoms with van der Waals surface area (Å²) >= 11 is 1.36. The maximum Gasteiger partial charge on any atom is 0.349 e. The van der Waals surface area contributed by atoms with Crippen LogP contribution < -0.4 is 4.74 Å². The minimum atomic E-state index is -0.342. The zero-order chi connectivity index (χ0) is 12.5. The van der Waals surface area contributed by atoms with Crippen LogP contribution in [-0.2, 0) is 4.74 Å². The predicted molar refractivity (Wildman–Crippen MR) is 67.2 cm³/mol. The normalized spacial score (nSPS) is 17.1. The molecule has 5 heteroatoms. The predicted octanol–water partition coefficient (Wildman–Crippen LogP) is 2.45. The van der Waals surface area contributed by atoms with Crippen LogP contribution in [0.3, 0.4) is 0 Å². The zero-order valence-corrected chi connectivity index (χ0v) is 10.6. The summed E-state index contributed by atoms with van der Waals surface area (Å²) in [6.07, 6.45) is 1.56. The number of rotatable bonds is 2. The van der Waals surface area contributed by atoms with Gasteiger partial charge in [-0.05, 0) is 6.07 Å². The van der Waals surface area contributed by atoms with Gasteiger partial charge in [-0.25, -0.2) is 9.78 Å². The Balaban J connectivity index is 1.93. The van der Waals surface area contributed by atoms with E-state index in [0.717, 1.165) is 16.3 Å². The lowest BCUT2D eigenvalue weighted by molar-refractivity contribution is 0.0606. The molecule has 18 heavy (non-hydrogen) atoms. The number of hydrogen-bond acceptors (Lipinski definition) is 5. The summed E-state index contributed by atoms with van der Waals surface area (Å²) in [6.45, 7) is 0.577. The Morgan fingerprint density at radius 3 is 3.17 bits per heavy atom. The van der Waals surface area contributed by atoms with Gasteiger partial charge >= 0.3 is 5.97 Å². The van der Waals surface area contributed by atoms with Crippen LogP contribution in [0.4, 0.5) is 0 Å². The Bertz CT molecular complexity index is 593. The molecule has 0 spiro atoms. The number of hydrogen-bond donors (Lipinski definition) is 0. The van der Waals surface area contributed by atoms with Crippen molar-refractivity contribution < 1.29 is 14.3 Å². The van der Waals surface area contributed by atoms with Crippen LogP contribution in [0.1, 0.15) is 26.2 Å². The molecule has 1 aromatic carbocycles. The van der Waals surface area contributed by atoms with E-state index in [1.54, 1.807) is 6.20 Å². The van der Waals surface area contributed by atoms with Gasteiger partial charge in [-0.2, -0.15) is 0 Å². The van der Waals surface area contributed by atoms with E-state index in [-0.39, 0.29) is 11.9 Å². The van der Waals surface area contributed by atoms with Crippen molar-refractivity contribution in [2.45, 2.75) is 5.92 Å². The first-order valence-corrected chi connectivity index (χ1v) is 6.37. The molecule has 4 nitrogen and oxygen atoms in total. The van der Waals surface area contributed by atoms with E-state index in [4.69, 9.17) is 4.74 Å². The fourth-order valence-electron chi connectivity index (χ4n) is 2.01. The lowest BCUT2D eigenvalue weighted by atomic mass is 10.0. The summed E-state index contributed by atoms with van der Waals surface area (Å²) in [5, 5.41) is 0.889. The number of carbonyl (C=O) groups is 1. The summed E-state index contributed by atoms with van der Waals surface area (Å²) in [7, 11) is 1.37. The quantitative estimate of drug-likeness (QED) is 0.779. The number of aromatic nitrogens is 1. The second-order valence-electron chi connectivity index (χ2n) is 3.96. The standard InChI is InChI=1S/C13H11NO3S/c1-16-13(15)11-6-14-12(18-11)9-7-17-10-5-3-2-4-8(9)10/h2-6,9H,7H2,1H3. The Kier molecular flexibility index (Phi) is 2.76. The molecular weight excluding hydrogens is 250 g/mol. The lowest BCUT2D eigenvalue weighted by Gasteiger charge is -2.03. The number of carbonyl (C=O) groups excluding carboxylic acids is 1. The third-order valence-corrected chi connectivity index (χ3v) is 4.00. The van der Waals surface area contributed by atoms with Gasteiger partial charge in [0.1, 0.15) is 22.2 Å². The van der Waals surface area contributed by atoms with Crippen molar-refractivity contribution in [3.05, 3.63) is 45.9 Å². The minimum Gasteiger partial charge on any atom is -0.492 e. The number of esters is 1. The van der Waals surface area contributed by atoms with E-state index >= 15 is 0 Å². The highest BCUT2D eigenvalue weighted by Gasteiger charge is 2.28. The third kappa shape index (κ3) is 1.76. The third-order valence-electron chi connectivity index (χ3n) is 2.91. The molecule has 1 atom stereocenters. The largest absolute Gasteiger partial charge is 0.492 e. The molecule has 1 unspecified atom stereocenters. The zero-order valence-electron chi connectivity index (χ0n) is 9.75. The van der Waals surface area contributed by atoms with Crippen LogP contribution >= 0.6 is 11.3 Å². The number of nitrogens with zero attached hydrogens (tertiary/aromatic N) is 1. The molecule has 92 valence electrons. The first-order valence-electron chi connectivity index (χ1n) is 5.55. The van der Waals surface area contributed by atoms with Crippen molar-refractivity contribution in [1.82, 2.24) is 4.98 Å². The van der Waals surface area contributed by atoms with Gasteiger partial charge < -0.3 is 9.47 Å². The van der Waals surface area contributed by atoms with E-state index in [0.29, 0.717) is 11.5 Å². The second kappa shape index (κ2) is 4.42. The van der Waals surface area contributed by atoms with Gasteiger partial charge in [0.2, 0.25) is 0 Å². The highest BCUT2D eigenvalue weighted by molar-refractivity contribution is 7.13. The monoisotopic (exact) mass is 261 g/mol. The van der Waals surface area contributed by atoms with E-state index in [9.17, 15) is 4.79 Å². The number of para-hydroxylation sites is 1. The highest BCUT2D eigenvalue weighted by Crippen LogP contribution is 2.39. The molecule has 0 amide bonds. The molecule has 2 aromatic rings. The minimum absolute atomic E-state index is 0.115. The highest BCUT2D eigenvalue weighted by atomic mass is 32.1. The maximum atomic E-state index is 11.4. The SMILES string of the molecule is COC(=O)c1cnc(C2COc3ccccc32)s1. The number of benzene rings is 1. The first-order chi connectivity index (χ1) is 8.79. The number of fused-ring (bicyclic) bond motifs is 1. The lowest BCUT2D eigenvalue weighted by Crippen LogP contribution is -2.01. The summed E-state index contributed by atoms with van der Waals surface area (Å²) in [5.41, 5.74) is 1.13. The molecule has 1 aliphatic heterocycles. The Hall–Kier alpha value is -1.88. The molecule has 2 heterocycles. The molecule has 1 aliphatic rings. The number of methoxy groups -OCH3 is 1. The van der Waals surface area contributed by atoms with Gasteiger partial charge in [0.05, 0.1) is 19.2 Å². The van der Waals surface area contributed by atoms with Crippen LogP contribution in [0.15, 0.2) is 30.5 Å². The molecule has 0 saturated heterocycles. The van der Waals surface area contributed by atoms with Crippen LogP contribution in [0.2, 0.25) is 0 Å². The van der Waals surface area contributed by atoms with E-state index in [2.05, 4.69) is 9.72 Å². The van der Waals surface area contributed by atoms with Crippen LogP contribution in [-0.4, -0.2) is 24.7 Å². The van der Waals surface area contributed by atoms with Gasteiger partial charge in [0.25, 0.3) is 0 Å². The van der Waals surface area contributed by atoms with E-state index in [1.165, 1.54) is 18.4 Å². The van der Waals surface area contributed by atoms with Gasteiger partial charge in [0.15, 0.2) is 0 Å². The number of ether oxygens (including phenoxy) is 2. The molecule has 1 aromatic heterocycles. The summed E-state index contributed by atoms with van der Waals surface area (Å²) < 4.78 is 10.3. The Morgan fingerprint density at radius 2 is 2.33 bits per heavy atom. The summed E-state index contributed by atoms with van der Waals surface area (Å²) in [4.78, 5) is 16.2. The summed E-state index contributed by atoms with van der Waals surface area (Å²) in [5.74, 6) is 0.674. The van der Waals surface area contributed by atoms with E-state index < -0.39 is 0 Å². The molecule has 0 bridgehead atoms. The fraction of sp³-hybridized carbons (Fsp3) is 0.231. The van der Waals surface area contributed by atoms with Gasteiger partial charge in [-0.1, -0.05) is 18.2 Å². The van der Waals surface area contributed by atoms with Gasteiger partial charge in [-0.3, -0.25) is 0 Å². The Morgan fingerprint density at radius 1 is 1.50 bits per heavy atom. The fourth-order valence-corrected chi connectivity index (χ4v) is 2.95. The summed E-state index contributed by atoms with van der Waals surface area (Å²) in [6, 6.07) is 7.91. The molecule has 0 N–H and O–H groups in total. The van der Waals surface area contributed by atoms with Crippen molar-refractivity contribution in [3.63, 3.8) is 0 Å². The van der Waals surface area contributed by atoms with Gasteiger partial charge in [-0.15, -0.1) is 11.3 Å². The second-order valence-corrected chi connectivity index (χ2v) is 5.02. The van der Waals surface area contributed by atoms with Crippen molar-refractivity contribution in [2.75, 3.05) is 13.7 Å². The Labute approximate surface area is 108 Å². The molecule has 0 saturated carbocycles. The van der Waals surface area contributed by atoms with Crippen molar-refractivity contribution in [2.24, 2.45) is 0 Å². The average Bonchev–Trinajstić information content (AvgIpc) is 3.03. The molecular formula is C13H11NO3S. The first kappa shape index (κ1) is 11.2. The van der Waals surface area contributed by atoms with Crippen molar-refractivity contribution in [3.8, 4) is 5.75 Å². The number of thiazole rings is 1. The van der Waals surface area contributed by atoms with E-state index in [1.807, 2.05) is 24.3 Å². The van der Waals surface area contributed by atoms with Crippen LogP contribution in [0.25, 0.3) is 0 Å². The van der Waals surface area contributed by atoms with Crippen LogP contribution in [0, 0.1) is 0 Å². The topological polar surface area (TPSA) is 48.4 Å². The van der Waals surface area contributed by atoms with Crippen molar-refractivity contribution in [1.29, 1.82) is 0 Å². The molecule has 0 fully saturated rings. The van der Waals surface area contributed by atoms with Gasteiger partial charge in [0, 0.05) is 5.56 Å². The average molecular weight is 261 g/mol. The smallest absolute Gasteiger partial charge is 0.349 e. The molecule has 0 radical (unpaired) electrons. The van der Waals surface area contributed by atoms with Crippen LogP contribution in [0.5, 0.6) is 5.75 Å². The molecule has 3 rings (SSSR count). The maximum absolute atomic E-state index is 11.4.